The van der Waals surface area contributed by atoms with Crippen molar-refractivity contribution in [2.45, 2.75) is 38.8 Å². The van der Waals surface area contributed by atoms with Gasteiger partial charge in [0.2, 0.25) is 11.8 Å². The number of hydrogen-bond acceptors (Lipinski definition) is 4. The van der Waals surface area contributed by atoms with E-state index in [1.54, 1.807) is 11.9 Å². The SMILES string of the molecule is CNC(=O)C(Cc1ccccc1)N(Cc1ccccc1C)C(=O)CCc1ccc2c(c1)OCCO2. The van der Waals surface area contributed by atoms with Crippen LogP contribution < -0.4 is 14.8 Å². The number of hydrogen-bond donors (Lipinski definition) is 1. The first-order chi connectivity index (χ1) is 17.0. The van der Waals surface area contributed by atoms with Gasteiger partial charge in [-0.2, -0.15) is 0 Å². The smallest absolute Gasteiger partial charge is 0.242 e. The average Bonchev–Trinajstić information content (AvgIpc) is 2.90. The first kappa shape index (κ1) is 24.3. The number of benzene rings is 3. The fourth-order valence-corrected chi connectivity index (χ4v) is 4.33. The molecule has 6 nitrogen and oxygen atoms in total. The number of aryl methyl sites for hydroxylation is 2. The number of ether oxygens (including phenoxy) is 2. The molecule has 0 aliphatic carbocycles. The van der Waals surface area contributed by atoms with Crippen LogP contribution >= 0.6 is 0 Å². The molecule has 0 radical (unpaired) electrons. The van der Waals surface area contributed by atoms with Crippen molar-refractivity contribution in [2.75, 3.05) is 20.3 Å². The summed E-state index contributed by atoms with van der Waals surface area (Å²) >= 11 is 0. The fraction of sp³-hybridized carbons (Fsp3) is 0.310. The van der Waals surface area contributed by atoms with Crippen molar-refractivity contribution in [1.82, 2.24) is 10.2 Å². The van der Waals surface area contributed by atoms with E-state index in [1.807, 2.05) is 79.7 Å². The van der Waals surface area contributed by atoms with Crippen LogP contribution in [0.5, 0.6) is 11.5 Å². The second-order valence-corrected chi connectivity index (χ2v) is 8.75. The van der Waals surface area contributed by atoms with Gasteiger partial charge in [0.05, 0.1) is 0 Å². The zero-order chi connectivity index (χ0) is 24.6. The van der Waals surface area contributed by atoms with Crippen molar-refractivity contribution in [3.63, 3.8) is 0 Å². The molecular formula is C29H32N2O4. The summed E-state index contributed by atoms with van der Waals surface area (Å²) in [5.74, 6) is 1.21. The van der Waals surface area contributed by atoms with Gasteiger partial charge in [-0.25, -0.2) is 0 Å². The predicted octanol–water partition coefficient (Wildman–Crippen LogP) is 4.08. The number of carbonyl (C=O) groups is 2. The van der Waals surface area contributed by atoms with E-state index in [2.05, 4.69) is 5.32 Å². The summed E-state index contributed by atoms with van der Waals surface area (Å²) in [4.78, 5) is 28.4. The molecule has 0 fully saturated rings. The van der Waals surface area contributed by atoms with Gasteiger partial charge in [-0.05, 0) is 47.7 Å². The first-order valence-electron chi connectivity index (χ1n) is 12.0. The quantitative estimate of drug-likeness (QED) is 0.510. The van der Waals surface area contributed by atoms with Crippen LogP contribution in [-0.2, 0) is 29.0 Å². The number of carbonyl (C=O) groups excluding carboxylic acids is 2. The molecule has 4 rings (SSSR count). The van der Waals surface area contributed by atoms with E-state index in [-0.39, 0.29) is 18.2 Å². The van der Waals surface area contributed by atoms with E-state index in [0.29, 0.717) is 38.3 Å². The largest absolute Gasteiger partial charge is 0.486 e. The van der Waals surface area contributed by atoms with Gasteiger partial charge in [0.1, 0.15) is 19.3 Å². The molecule has 182 valence electrons. The Morgan fingerprint density at radius 2 is 1.63 bits per heavy atom. The molecule has 0 aromatic heterocycles. The molecule has 2 amide bonds. The number of amides is 2. The Morgan fingerprint density at radius 1 is 0.914 bits per heavy atom. The van der Waals surface area contributed by atoms with Crippen molar-refractivity contribution in [2.24, 2.45) is 0 Å². The zero-order valence-electron chi connectivity index (χ0n) is 20.3. The van der Waals surface area contributed by atoms with E-state index in [9.17, 15) is 9.59 Å². The van der Waals surface area contributed by atoms with E-state index in [4.69, 9.17) is 9.47 Å². The number of likely N-dealkylation sites (N-methyl/N-ethyl adjacent to an activating group) is 1. The highest BCUT2D eigenvalue weighted by Gasteiger charge is 2.30. The van der Waals surface area contributed by atoms with Crippen LogP contribution in [0.2, 0.25) is 0 Å². The topological polar surface area (TPSA) is 67.9 Å². The Hall–Kier alpha value is -3.80. The number of fused-ring (bicyclic) bond motifs is 1. The lowest BCUT2D eigenvalue weighted by Crippen LogP contribution is -2.49. The maximum Gasteiger partial charge on any atom is 0.242 e. The summed E-state index contributed by atoms with van der Waals surface area (Å²) in [6.07, 6.45) is 1.28. The van der Waals surface area contributed by atoms with Crippen molar-refractivity contribution in [3.05, 3.63) is 95.1 Å². The summed E-state index contributed by atoms with van der Waals surface area (Å²) in [5.41, 5.74) is 4.13. The fourth-order valence-electron chi connectivity index (χ4n) is 4.33. The van der Waals surface area contributed by atoms with Crippen LogP contribution in [-0.4, -0.2) is 43.0 Å². The molecule has 0 spiro atoms. The van der Waals surface area contributed by atoms with E-state index >= 15 is 0 Å². The summed E-state index contributed by atoms with van der Waals surface area (Å²) in [7, 11) is 1.62. The molecule has 1 N–H and O–H groups in total. The molecule has 3 aromatic carbocycles. The number of nitrogens with zero attached hydrogens (tertiary/aromatic N) is 1. The maximum absolute atomic E-state index is 13.7. The maximum atomic E-state index is 13.7. The Morgan fingerprint density at radius 3 is 2.37 bits per heavy atom. The predicted molar refractivity (Wildman–Crippen MR) is 135 cm³/mol. The summed E-state index contributed by atoms with van der Waals surface area (Å²) in [6, 6.07) is 23.0. The lowest BCUT2D eigenvalue weighted by Gasteiger charge is -2.31. The highest BCUT2D eigenvalue weighted by Crippen LogP contribution is 2.31. The highest BCUT2D eigenvalue weighted by molar-refractivity contribution is 5.88. The van der Waals surface area contributed by atoms with Crippen LogP contribution in [0.15, 0.2) is 72.8 Å². The van der Waals surface area contributed by atoms with E-state index in [1.165, 1.54) is 0 Å². The van der Waals surface area contributed by atoms with Crippen molar-refractivity contribution < 1.29 is 19.1 Å². The Kier molecular flexibility index (Phi) is 8.03. The monoisotopic (exact) mass is 472 g/mol. The second-order valence-electron chi connectivity index (χ2n) is 8.75. The summed E-state index contributed by atoms with van der Waals surface area (Å²) in [6.45, 7) is 3.46. The molecule has 1 unspecified atom stereocenters. The highest BCUT2D eigenvalue weighted by atomic mass is 16.6. The standard InChI is InChI=1S/C29H32N2O4/c1-21-8-6-7-11-24(21)20-31(25(29(33)30-2)18-22-9-4-3-5-10-22)28(32)15-13-23-12-14-26-27(19-23)35-17-16-34-26/h3-12,14,19,25H,13,15-18,20H2,1-2H3,(H,30,33). The van der Waals surface area contributed by atoms with Gasteiger partial charge < -0.3 is 19.7 Å². The molecule has 1 aliphatic rings. The minimum absolute atomic E-state index is 0.0623. The van der Waals surface area contributed by atoms with E-state index < -0.39 is 6.04 Å². The van der Waals surface area contributed by atoms with Crippen molar-refractivity contribution >= 4 is 11.8 Å². The van der Waals surface area contributed by atoms with Gasteiger partial charge in [0.15, 0.2) is 11.5 Å². The summed E-state index contributed by atoms with van der Waals surface area (Å²) in [5, 5.41) is 2.77. The third kappa shape index (κ3) is 6.21. The normalized spacial score (nSPS) is 13.1. The van der Waals surface area contributed by atoms with Crippen LogP contribution in [0.4, 0.5) is 0 Å². The number of rotatable bonds is 9. The third-order valence-electron chi connectivity index (χ3n) is 6.35. The van der Waals surface area contributed by atoms with Gasteiger partial charge in [0, 0.05) is 26.4 Å². The van der Waals surface area contributed by atoms with Crippen LogP contribution in [0.3, 0.4) is 0 Å². The lowest BCUT2D eigenvalue weighted by molar-refractivity contribution is -0.141. The molecule has 0 bridgehead atoms. The minimum atomic E-state index is -0.616. The molecule has 35 heavy (non-hydrogen) atoms. The molecule has 1 atom stereocenters. The molecule has 1 aliphatic heterocycles. The van der Waals surface area contributed by atoms with Crippen molar-refractivity contribution in [1.29, 1.82) is 0 Å². The molecule has 6 heteroatoms. The van der Waals surface area contributed by atoms with Crippen LogP contribution in [0.1, 0.15) is 28.7 Å². The molecule has 0 saturated heterocycles. The van der Waals surface area contributed by atoms with E-state index in [0.717, 1.165) is 28.0 Å². The average molecular weight is 473 g/mol. The van der Waals surface area contributed by atoms with Gasteiger partial charge in [0.25, 0.3) is 0 Å². The third-order valence-corrected chi connectivity index (χ3v) is 6.35. The van der Waals surface area contributed by atoms with Crippen LogP contribution in [0.25, 0.3) is 0 Å². The van der Waals surface area contributed by atoms with Crippen LogP contribution in [0, 0.1) is 6.92 Å². The molecule has 1 heterocycles. The molecule has 0 saturated carbocycles. The Labute approximate surface area is 206 Å². The second kappa shape index (κ2) is 11.6. The van der Waals surface area contributed by atoms with Gasteiger partial charge in [-0.3, -0.25) is 9.59 Å². The Bertz CT molecular complexity index is 1160. The Balaban J connectivity index is 1.57. The molecular weight excluding hydrogens is 440 g/mol. The minimum Gasteiger partial charge on any atom is -0.486 e. The summed E-state index contributed by atoms with van der Waals surface area (Å²) < 4.78 is 11.3. The van der Waals surface area contributed by atoms with Gasteiger partial charge in [-0.15, -0.1) is 0 Å². The number of nitrogens with one attached hydrogen (secondary N) is 1. The van der Waals surface area contributed by atoms with Gasteiger partial charge >= 0.3 is 0 Å². The van der Waals surface area contributed by atoms with Crippen molar-refractivity contribution in [3.8, 4) is 11.5 Å². The molecule has 3 aromatic rings. The van der Waals surface area contributed by atoms with Gasteiger partial charge in [-0.1, -0.05) is 60.7 Å². The first-order valence-corrected chi connectivity index (χ1v) is 12.0. The zero-order valence-corrected chi connectivity index (χ0v) is 20.3. The lowest BCUT2D eigenvalue weighted by atomic mass is 10.0.